The monoisotopic (exact) mass is 314 g/mol. The molecule has 1 fully saturated rings. The minimum atomic E-state index is 0.0376. The van der Waals surface area contributed by atoms with Gasteiger partial charge in [-0.2, -0.15) is 0 Å². The van der Waals surface area contributed by atoms with Crippen molar-refractivity contribution in [2.45, 2.75) is 13.8 Å². The zero-order valence-electron chi connectivity index (χ0n) is 13.6. The number of fused-ring (bicyclic) bond motifs is 1. The highest BCUT2D eigenvalue weighted by Gasteiger charge is 2.22. The second kappa shape index (κ2) is 6.60. The van der Waals surface area contributed by atoms with Crippen LogP contribution in [0.5, 0.6) is 0 Å². The Hall–Kier alpha value is -2.05. The SMILES string of the molecule is Cc1nc2ccc(C(=O)N3CCN(CCO)CC3)cc2nc1C. The van der Waals surface area contributed by atoms with Gasteiger partial charge in [0.15, 0.2) is 0 Å². The molecule has 122 valence electrons. The van der Waals surface area contributed by atoms with Crippen LogP contribution >= 0.6 is 0 Å². The number of benzene rings is 1. The predicted molar refractivity (Wildman–Crippen MR) is 88.4 cm³/mol. The Bertz CT molecular complexity index is 724. The number of hydrogen-bond acceptors (Lipinski definition) is 5. The van der Waals surface area contributed by atoms with Crippen molar-refractivity contribution in [3.63, 3.8) is 0 Å². The van der Waals surface area contributed by atoms with Gasteiger partial charge in [-0.1, -0.05) is 0 Å². The normalized spacial score (nSPS) is 16.0. The molecule has 0 spiro atoms. The van der Waals surface area contributed by atoms with Crippen molar-refractivity contribution in [2.24, 2.45) is 0 Å². The van der Waals surface area contributed by atoms with Gasteiger partial charge in [0.05, 0.1) is 29.0 Å². The molecule has 0 atom stereocenters. The fourth-order valence-corrected chi connectivity index (χ4v) is 2.86. The van der Waals surface area contributed by atoms with Gasteiger partial charge in [0.1, 0.15) is 0 Å². The molecule has 1 saturated heterocycles. The Labute approximate surface area is 135 Å². The zero-order valence-corrected chi connectivity index (χ0v) is 13.6. The number of aromatic nitrogens is 2. The molecule has 1 aromatic heterocycles. The van der Waals surface area contributed by atoms with Crippen LogP contribution in [0.4, 0.5) is 0 Å². The first-order chi connectivity index (χ1) is 11.1. The maximum atomic E-state index is 12.7. The second-order valence-electron chi connectivity index (χ2n) is 5.96. The highest BCUT2D eigenvalue weighted by Crippen LogP contribution is 2.16. The van der Waals surface area contributed by atoms with E-state index in [1.54, 1.807) is 0 Å². The van der Waals surface area contributed by atoms with Crippen LogP contribution in [0.2, 0.25) is 0 Å². The molecule has 0 aliphatic carbocycles. The molecule has 0 unspecified atom stereocenters. The van der Waals surface area contributed by atoms with Crippen molar-refractivity contribution in [3.05, 3.63) is 35.2 Å². The van der Waals surface area contributed by atoms with Crippen molar-refractivity contribution >= 4 is 16.9 Å². The molecule has 0 bridgehead atoms. The summed E-state index contributed by atoms with van der Waals surface area (Å²) >= 11 is 0. The third-order valence-corrected chi connectivity index (χ3v) is 4.40. The Kier molecular flexibility index (Phi) is 4.54. The van der Waals surface area contributed by atoms with Gasteiger partial charge in [-0.05, 0) is 32.0 Å². The molecule has 1 amide bonds. The molecule has 1 aliphatic rings. The Morgan fingerprint density at radius 2 is 1.74 bits per heavy atom. The number of nitrogens with zero attached hydrogens (tertiary/aromatic N) is 4. The number of aliphatic hydroxyl groups excluding tert-OH is 1. The summed E-state index contributed by atoms with van der Waals surface area (Å²) < 4.78 is 0. The van der Waals surface area contributed by atoms with Crippen molar-refractivity contribution in [3.8, 4) is 0 Å². The number of aliphatic hydroxyl groups is 1. The van der Waals surface area contributed by atoms with E-state index >= 15 is 0 Å². The van der Waals surface area contributed by atoms with E-state index in [9.17, 15) is 4.79 Å². The molecule has 3 rings (SSSR count). The average molecular weight is 314 g/mol. The molecular weight excluding hydrogens is 292 g/mol. The van der Waals surface area contributed by atoms with E-state index < -0.39 is 0 Å². The van der Waals surface area contributed by atoms with Gasteiger partial charge in [-0.3, -0.25) is 9.69 Å². The first kappa shape index (κ1) is 15.8. The fraction of sp³-hybridized carbons (Fsp3) is 0.471. The van der Waals surface area contributed by atoms with Gasteiger partial charge in [-0.25, -0.2) is 9.97 Å². The zero-order chi connectivity index (χ0) is 16.4. The van der Waals surface area contributed by atoms with Crippen molar-refractivity contribution in [1.29, 1.82) is 0 Å². The molecule has 1 aliphatic heterocycles. The van der Waals surface area contributed by atoms with Crippen LogP contribution in [0.3, 0.4) is 0 Å². The lowest BCUT2D eigenvalue weighted by molar-refractivity contribution is 0.0615. The first-order valence-electron chi connectivity index (χ1n) is 7.96. The van der Waals surface area contributed by atoms with Crippen LogP contribution in [0.15, 0.2) is 18.2 Å². The molecule has 2 heterocycles. The summed E-state index contributed by atoms with van der Waals surface area (Å²) in [6, 6.07) is 5.52. The molecule has 1 N–H and O–H groups in total. The van der Waals surface area contributed by atoms with Gasteiger partial charge >= 0.3 is 0 Å². The Morgan fingerprint density at radius 3 is 2.39 bits per heavy atom. The second-order valence-corrected chi connectivity index (χ2v) is 5.96. The number of amides is 1. The van der Waals surface area contributed by atoms with E-state index in [-0.39, 0.29) is 12.5 Å². The number of β-amino-alcohol motifs (C(OH)–C–C–N with tert-alkyl or cyclic N) is 1. The summed E-state index contributed by atoms with van der Waals surface area (Å²) in [5.74, 6) is 0.0376. The van der Waals surface area contributed by atoms with Gasteiger partial charge in [0.2, 0.25) is 0 Å². The van der Waals surface area contributed by atoms with Crippen LogP contribution in [0.1, 0.15) is 21.7 Å². The lowest BCUT2D eigenvalue weighted by Gasteiger charge is -2.34. The van der Waals surface area contributed by atoms with E-state index in [4.69, 9.17) is 5.11 Å². The van der Waals surface area contributed by atoms with Crippen molar-refractivity contribution in [2.75, 3.05) is 39.3 Å². The lowest BCUT2D eigenvalue weighted by Crippen LogP contribution is -2.49. The topological polar surface area (TPSA) is 69.6 Å². The molecule has 6 heteroatoms. The minimum absolute atomic E-state index is 0.0376. The fourth-order valence-electron chi connectivity index (χ4n) is 2.86. The van der Waals surface area contributed by atoms with Gasteiger partial charge in [-0.15, -0.1) is 0 Å². The van der Waals surface area contributed by atoms with Crippen LogP contribution in [-0.2, 0) is 0 Å². The largest absolute Gasteiger partial charge is 0.395 e. The first-order valence-corrected chi connectivity index (χ1v) is 7.96. The minimum Gasteiger partial charge on any atom is -0.395 e. The van der Waals surface area contributed by atoms with E-state index in [1.807, 2.05) is 36.9 Å². The van der Waals surface area contributed by atoms with Crippen LogP contribution in [0.25, 0.3) is 11.0 Å². The summed E-state index contributed by atoms with van der Waals surface area (Å²) in [5, 5.41) is 8.98. The summed E-state index contributed by atoms with van der Waals surface area (Å²) in [6.07, 6.45) is 0. The number of aryl methyl sites for hydroxylation is 2. The molecule has 0 radical (unpaired) electrons. The highest BCUT2D eigenvalue weighted by atomic mass is 16.3. The van der Waals surface area contributed by atoms with Crippen molar-refractivity contribution < 1.29 is 9.90 Å². The number of piperazine rings is 1. The molecular formula is C17H22N4O2. The number of carbonyl (C=O) groups is 1. The van der Waals surface area contributed by atoms with E-state index in [0.29, 0.717) is 25.2 Å². The summed E-state index contributed by atoms with van der Waals surface area (Å²) in [4.78, 5) is 25.7. The molecule has 6 nitrogen and oxygen atoms in total. The number of rotatable bonds is 3. The van der Waals surface area contributed by atoms with Gasteiger partial charge < -0.3 is 10.0 Å². The van der Waals surface area contributed by atoms with E-state index in [1.165, 1.54) is 0 Å². The smallest absolute Gasteiger partial charge is 0.254 e. The molecule has 1 aromatic carbocycles. The maximum absolute atomic E-state index is 12.7. The maximum Gasteiger partial charge on any atom is 0.254 e. The Balaban J connectivity index is 1.77. The Morgan fingerprint density at radius 1 is 1.09 bits per heavy atom. The van der Waals surface area contributed by atoms with Crippen molar-refractivity contribution in [1.82, 2.24) is 19.8 Å². The predicted octanol–water partition coefficient (Wildman–Crippen LogP) is 0.997. The van der Waals surface area contributed by atoms with Gasteiger partial charge in [0.25, 0.3) is 5.91 Å². The van der Waals surface area contributed by atoms with Gasteiger partial charge in [0, 0.05) is 38.3 Å². The number of hydrogen-bond donors (Lipinski definition) is 1. The van der Waals surface area contributed by atoms with Crippen LogP contribution in [-0.4, -0.2) is 70.1 Å². The highest BCUT2D eigenvalue weighted by molar-refractivity contribution is 5.97. The summed E-state index contributed by atoms with van der Waals surface area (Å²) in [6.45, 7) is 7.69. The van der Waals surface area contributed by atoms with E-state index in [0.717, 1.165) is 35.5 Å². The quantitative estimate of drug-likeness (QED) is 0.915. The molecule has 2 aromatic rings. The third-order valence-electron chi connectivity index (χ3n) is 4.40. The average Bonchev–Trinajstić information content (AvgIpc) is 2.56. The standard InChI is InChI=1S/C17H22N4O2/c1-12-13(2)19-16-11-14(3-4-15(16)18-12)17(23)21-7-5-20(6-8-21)9-10-22/h3-4,11,22H,5-10H2,1-2H3. The van der Waals surface area contributed by atoms with Crippen LogP contribution < -0.4 is 0 Å². The molecule has 23 heavy (non-hydrogen) atoms. The van der Waals surface area contributed by atoms with Crippen LogP contribution in [0, 0.1) is 13.8 Å². The lowest BCUT2D eigenvalue weighted by atomic mass is 10.1. The molecule has 0 saturated carbocycles. The van der Waals surface area contributed by atoms with E-state index in [2.05, 4.69) is 14.9 Å². The number of carbonyl (C=O) groups excluding carboxylic acids is 1. The summed E-state index contributed by atoms with van der Waals surface area (Å²) in [5.41, 5.74) is 4.04. The summed E-state index contributed by atoms with van der Waals surface area (Å²) in [7, 11) is 0. The third kappa shape index (κ3) is 3.33.